The van der Waals surface area contributed by atoms with Crippen molar-refractivity contribution in [2.75, 3.05) is 0 Å². The Labute approximate surface area is 69.7 Å². The molecule has 0 spiro atoms. The highest BCUT2D eigenvalue weighted by Gasteiger charge is 2.05. The van der Waals surface area contributed by atoms with E-state index in [1.807, 2.05) is 13.8 Å². The van der Waals surface area contributed by atoms with E-state index in [1.165, 1.54) is 0 Å². The van der Waals surface area contributed by atoms with Crippen LogP contribution in [0.15, 0.2) is 11.0 Å². The highest BCUT2D eigenvalue weighted by molar-refractivity contribution is 5.02. The zero-order valence-corrected chi connectivity index (χ0v) is 7.10. The Kier molecular flexibility index (Phi) is 2.58. The van der Waals surface area contributed by atoms with Crippen molar-refractivity contribution >= 4 is 0 Å². The Morgan fingerprint density at radius 3 is 2.92 bits per heavy atom. The smallest absolute Gasteiger partial charge is 0.307 e. The summed E-state index contributed by atoms with van der Waals surface area (Å²) in [5.74, 6) is -0.124. The molecule has 1 N–H and O–H groups in total. The summed E-state index contributed by atoms with van der Waals surface area (Å²) in [5.41, 5.74) is -0.156. The summed E-state index contributed by atoms with van der Waals surface area (Å²) in [6, 6.07) is 0. The fraction of sp³-hybridized carbons (Fsp3) is 0.500. The second-order valence-electron chi connectivity index (χ2n) is 3.11. The van der Waals surface area contributed by atoms with Gasteiger partial charge in [-0.1, -0.05) is 13.8 Å². The number of hydrogen-bond donors (Lipinski definition) is 1. The quantitative estimate of drug-likeness (QED) is 0.722. The Hall–Kier alpha value is -1.19. The summed E-state index contributed by atoms with van der Waals surface area (Å²) < 4.78 is 12.9. The molecule has 3 nitrogen and oxygen atoms in total. The van der Waals surface area contributed by atoms with Crippen molar-refractivity contribution in [1.82, 2.24) is 9.97 Å². The minimum atomic E-state index is -0.493. The van der Waals surface area contributed by atoms with E-state index >= 15 is 0 Å². The van der Waals surface area contributed by atoms with Crippen LogP contribution in [-0.4, -0.2) is 9.97 Å². The monoisotopic (exact) mass is 170 g/mol. The minimum Gasteiger partial charge on any atom is -0.307 e. The van der Waals surface area contributed by atoms with Crippen molar-refractivity contribution in [1.29, 1.82) is 0 Å². The van der Waals surface area contributed by atoms with Crippen molar-refractivity contribution in [3.63, 3.8) is 0 Å². The molecule has 1 aromatic rings. The SMILES string of the molecule is CC(C)Cc1[nH]c(=O)ncc1F. The molecule has 0 aromatic carbocycles. The molecule has 12 heavy (non-hydrogen) atoms. The van der Waals surface area contributed by atoms with Crippen LogP contribution < -0.4 is 5.69 Å². The lowest BCUT2D eigenvalue weighted by molar-refractivity contribution is 0.550. The van der Waals surface area contributed by atoms with Crippen LogP contribution in [0.25, 0.3) is 0 Å². The van der Waals surface area contributed by atoms with Crippen LogP contribution in [0.2, 0.25) is 0 Å². The van der Waals surface area contributed by atoms with Crippen molar-refractivity contribution in [3.8, 4) is 0 Å². The lowest BCUT2D eigenvalue weighted by atomic mass is 10.1. The van der Waals surface area contributed by atoms with Gasteiger partial charge in [0.25, 0.3) is 0 Å². The predicted molar refractivity (Wildman–Crippen MR) is 43.4 cm³/mol. The Morgan fingerprint density at radius 2 is 2.33 bits per heavy atom. The van der Waals surface area contributed by atoms with Gasteiger partial charge in [-0.3, -0.25) is 0 Å². The van der Waals surface area contributed by atoms with E-state index in [0.29, 0.717) is 18.0 Å². The second kappa shape index (κ2) is 3.47. The molecule has 1 rings (SSSR count). The number of rotatable bonds is 2. The highest BCUT2D eigenvalue weighted by Crippen LogP contribution is 2.06. The standard InChI is InChI=1S/C8H11FN2O/c1-5(2)3-7-6(9)4-10-8(12)11-7/h4-5H,3H2,1-2H3,(H,10,11,12). The molecule has 0 saturated heterocycles. The molecule has 0 aliphatic carbocycles. The zero-order chi connectivity index (χ0) is 9.14. The van der Waals surface area contributed by atoms with E-state index in [1.54, 1.807) is 0 Å². The Morgan fingerprint density at radius 1 is 1.67 bits per heavy atom. The summed E-state index contributed by atoms with van der Waals surface area (Å²) in [6.07, 6.45) is 1.49. The van der Waals surface area contributed by atoms with E-state index in [4.69, 9.17) is 0 Å². The second-order valence-corrected chi connectivity index (χ2v) is 3.11. The van der Waals surface area contributed by atoms with Crippen molar-refractivity contribution in [2.24, 2.45) is 5.92 Å². The van der Waals surface area contributed by atoms with Gasteiger partial charge in [0.05, 0.1) is 11.9 Å². The topological polar surface area (TPSA) is 45.8 Å². The maximum Gasteiger partial charge on any atom is 0.345 e. The third-order valence-corrected chi connectivity index (χ3v) is 1.45. The van der Waals surface area contributed by atoms with Crippen LogP contribution in [0.1, 0.15) is 19.5 Å². The summed E-state index contributed by atoms with van der Waals surface area (Å²) in [7, 11) is 0. The number of H-pyrrole nitrogens is 1. The zero-order valence-electron chi connectivity index (χ0n) is 7.10. The van der Waals surface area contributed by atoms with Crippen LogP contribution in [-0.2, 0) is 6.42 Å². The third-order valence-electron chi connectivity index (χ3n) is 1.45. The van der Waals surface area contributed by atoms with E-state index in [9.17, 15) is 9.18 Å². The Bertz CT molecular complexity index is 319. The first-order valence-corrected chi connectivity index (χ1v) is 3.83. The average Bonchev–Trinajstić information content (AvgIpc) is 1.96. The van der Waals surface area contributed by atoms with Gasteiger partial charge < -0.3 is 4.98 Å². The summed E-state index contributed by atoms with van der Waals surface area (Å²) in [6.45, 7) is 3.91. The third kappa shape index (κ3) is 2.15. The molecular weight excluding hydrogens is 159 g/mol. The summed E-state index contributed by atoms with van der Waals surface area (Å²) in [4.78, 5) is 16.3. The molecule has 0 unspecified atom stereocenters. The van der Waals surface area contributed by atoms with Gasteiger partial charge >= 0.3 is 5.69 Å². The molecule has 1 heterocycles. The summed E-state index contributed by atoms with van der Waals surface area (Å²) in [5, 5.41) is 0. The molecule has 1 aromatic heterocycles. The number of halogens is 1. The number of nitrogens with zero attached hydrogens (tertiary/aromatic N) is 1. The molecule has 0 radical (unpaired) electrons. The largest absolute Gasteiger partial charge is 0.345 e. The number of aromatic nitrogens is 2. The molecule has 0 fully saturated rings. The maximum atomic E-state index is 12.9. The van der Waals surface area contributed by atoms with Crippen molar-refractivity contribution in [3.05, 3.63) is 28.2 Å². The number of aromatic amines is 1. The number of hydrogen-bond acceptors (Lipinski definition) is 2. The van der Waals surface area contributed by atoms with Crippen LogP contribution in [0, 0.1) is 11.7 Å². The molecule has 0 saturated carbocycles. The first kappa shape index (κ1) is 8.90. The van der Waals surface area contributed by atoms with E-state index in [0.717, 1.165) is 6.20 Å². The minimum absolute atomic E-state index is 0.317. The van der Waals surface area contributed by atoms with Crippen molar-refractivity contribution in [2.45, 2.75) is 20.3 Å². The molecule has 66 valence electrons. The molecule has 0 aliphatic rings. The normalized spacial score (nSPS) is 10.7. The first-order chi connectivity index (χ1) is 5.59. The van der Waals surface area contributed by atoms with Crippen LogP contribution >= 0.6 is 0 Å². The molecule has 0 aliphatic heterocycles. The predicted octanol–water partition coefficient (Wildman–Crippen LogP) is 1.11. The van der Waals surface area contributed by atoms with Crippen LogP contribution in [0.5, 0.6) is 0 Å². The van der Waals surface area contributed by atoms with Gasteiger partial charge in [0.15, 0.2) is 5.82 Å². The maximum absolute atomic E-state index is 12.9. The Balaban J connectivity index is 2.97. The molecule has 0 bridgehead atoms. The van der Waals surface area contributed by atoms with Gasteiger partial charge in [-0.25, -0.2) is 9.18 Å². The van der Waals surface area contributed by atoms with E-state index in [2.05, 4.69) is 9.97 Å². The van der Waals surface area contributed by atoms with Crippen LogP contribution in [0.4, 0.5) is 4.39 Å². The highest BCUT2D eigenvalue weighted by atomic mass is 19.1. The summed E-state index contributed by atoms with van der Waals surface area (Å²) >= 11 is 0. The molecule has 0 amide bonds. The number of nitrogens with one attached hydrogen (secondary N) is 1. The lowest BCUT2D eigenvalue weighted by Gasteiger charge is -2.04. The molecule has 0 atom stereocenters. The first-order valence-electron chi connectivity index (χ1n) is 3.83. The van der Waals surface area contributed by atoms with Gasteiger partial charge in [-0.2, -0.15) is 4.98 Å². The lowest BCUT2D eigenvalue weighted by Crippen LogP contribution is -2.15. The fourth-order valence-corrected chi connectivity index (χ4v) is 0.971. The van der Waals surface area contributed by atoms with E-state index < -0.39 is 11.5 Å². The van der Waals surface area contributed by atoms with Gasteiger partial charge in [-0.05, 0) is 12.3 Å². The van der Waals surface area contributed by atoms with Gasteiger partial charge in [0, 0.05) is 0 Å². The average molecular weight is 170 g/mol. The van der Waals surface area contributed by atoms with E-state index in [-0.39, 0.29) is 0 Å². The molecule has 4 heteroatoms. The van der Waals surface area contributed by atoms with Gasteiger partial charge in [0.2, 0.25) is 0 Å². The van der Waals surface area contributed by atoms with Gasteiger partial charge in [0.1, 0.15) is 0 Å². The fourth-order valence-electron chi connectivity index (χ4n) is 0.971. The van der Waals surface area contributed by atoms with Crippen molar-refractivity contribution < 1.29 is 4.39 Å². The van der Waals surface area contributed by atoms with Gasteiger partial charge in [-0.15, -0.1) is 0 Å². The van der Waals surface area contributed by atoms with Crippen LogP contribution in [0.3, 0.4) is 0 Å². The molecular formula is C8H11FN2O.